The normalized spacial score (nSPS) is 13.2. The molecule has 0 aromatic heterocycles. The first-order valence-electron chi connectivity index (χ1n) is 4.71. The molecule has 0 amide bonds. The number of carbonyl (C=O) groups is 1. The number of carbonyl (C=O) groups excluding carboxylic acids is 1. The maximum absolute atomic E-state index is 11.2. The molecule has 17 heavy (non-hydrogen) atoms. The second-order valence-electron chi connectivity index (χ2n) is 3.37. The highest BCUT2D eigenvalue weighted by Gasteiger charge is 2.17. The number of nitro groups is 1. The van der Waals surface area contributed by atoms with Gasteiger partial charge in [0.25, 0.3) is 5.69 Å². The average Bonchev–Trinajstić information content (AvgIpc) is 2.29. The summed E-state index contributed by atoms with van der Waals surface area (Å²) in [7, 11) is 0. The van der Waals surface area contributed by atoms with Gasteiger partial charge in [0, 0.05) is 17.7 Å². The lowest BCUT2D eigenvalue weighted by Crippen LogP contribution is -2.08. The molecule has 5 nitrogen and oxygen atoms in total. The lowest BCUT2D eigenvalue weighted by molar-refractivity contribution is -0.384. The summed E-state index contributed by atoms with van der Waals surface area (Å²) in [4.78, 5) is 21.2. The first kappa shape index (κ1) is 13.8. The number of nitro benzene ring substituents is 1. The summed E-state index contributed by atoms with van der Waals surface area (Å²) in [5, 5.41) is 20.4. The Morgan fingerprint density at radius 1 is 1.47 bits per heavy atom. The number of hydrogen-bond donors (Lipinski definition) is 1. The van der Waals surface area contributed by atoms with E-state index in [0.29, 0.717) is 5.56 Å². The number of aliphatic hydroxyl groups excluding tert-OH is 1. The van der Waals surface area contributed by atoms with E-state index in [2.05, 4.69) is 0 Å². The van der Waals surface area contributed by atoms with Crippen LogP contribution in [0.25, 0.3) is 0 Å². The van der Waals surface area contributed by atoms with Crippen molar-refractivity contribution in [2.45, 2.75) is 13.0 Å². The predicted octanol–water partition coefficient (Wildman–Crippen LogP) is 2.54. The molecule has 90 valence electrons. The van der Waals surface area contributed by atoms with Crippen LogP contribution >= 0.6 is 22.6 Å². The summed E-state index contributed by atoms with van der Waals surface area (Å²) in [5.74, 6) is -0.231. The highest BCUT2D eigenvalue weighted by atomic mass is 127. The Balaban J connectivity index is 3.01. The fraction of sp³-hybridized carbons (Fsp3) is 0.182. The molecular formula is C11H10INO4. The van der Waals surface area contributed by atoms with Gasteiger partial charge in [-0.1, -0.05) is 22.6 Å². The average molecular weight is 347 g/mol. The molecule has 0 fully saturated rings. The molecule has 1 atom stereocenters. The third kappa shape index (κ3) is 3.34. The van der Waals surface area contributed by atoms with Gasteiger partial charge in [-0.25, -0.2) is 0 Å². The Morgan fingerprint density at radius 2 is 2.00 bits per heavy atom. The van der Waals surface area contributed by atoms with Gasteiger partial charge in [0.2, 0.25) is 0 Å². The second kappa shape index (κ2) is 5.87. The van der Waals surface area contributed by atoms with Crippen molar-refractivity contribution in [1.29, 1.82) is 0 Å². The van der Waals surface area contributed by atoms with Gasteiger partial charge in [0.15, 0.2) is 5.78 Å². The first-order valence-corrected chi connectivity index (χ1v) is 5.95. The van der Waals surface area contributed by atoms with Crippen molar-refractivity contribution in [3.05, 3.63) is 49.6 Å². The summed E-state index contributed by atoms with van der Waals surface area (Å²) < 4.78 is 1.51. The third-order valence-electron chi connectivity index (χ3n) is 2.24. The molecule has 1 N–H and O–H groups in total. The van der Waals surface area contributed by atoms with Crippen molar-refractivity contribution < 1.29 is 14.8 Å². The first-order chi connectivity index (χ1) is 7.97. The van der Waals surface area contributed by atoms with Crippen molar-refractivity contribution in [2.75, 3.05) is 0 Å². The van der Waals surface area contributed by atoms with E-state index in [9.17, 15) is 20.0 Å². The Kier molecular flexibility index (Phi) is 4.76. The molecule has 1 aromatic rings. The maximum atomic E-state index is 11.2. The molecular weight excluding hydrogens is 337 g/mol. The number of aliphatic hydroxyl groups is 1. The fourth-order valence-electron chi connectivity index (χ4n) is 1.29. The number of ketones is 1. The Bertz CT molecular complexity index is 467. The lowest BCUT2D eigenvalue weighted by Gasteiger charge is -2.11. The zero-order valence-corrected chi connectivity index (χ0v) is 11.1. The topological polar surface area (TPSA) is 80.4 Å². The standard InChI is InChI=1S/C11H10INO4/c1-7(14)10(6-12)11(15)8-2-4-9(5-3-8)13(16)17/h2-6,11,15H,1H3/b10-6+. The number of hydrogen-bond acceptors (Lipinski definition) is 4. The molecule has 0 saturated heterocycles. The molecule has 1 aromatic carbocycles. The van der Waals surface area contributed by atoms with Crippen molar-refractivity contribution >= 4 is 34.1 Å². The summed E-state index contributed by atoms with van der Waals surface area (Å²) in [6.45, 7) is 1.36. The van der Waals surface area contributed by atoms with Gasteiger partial charge < -0.3 is 5.11 Å². The number of nitrogens with zero attached hydrogens (tertiary/aromatic N) is 1. The summed E-state index contributed by atoms with van der Waals surface area (Å²) >= 11 is 1.87. The smallest absolute Gasteiger partial charge is 0.269 e. The van der Waals surface area contributed by atoms with Crippen molar-refractivity contribution in [1.82, 2.24) is 0 Å². The summed E-state index contributed by atoms with van der Waals surface area (Å²) in [5.41, 5.74) is 0.664. The molecule has 0 radical (unpaired) electrons. The number of halogens is 1. The summed E-state index contributed by atoms with van der Waals surface area (Å²) in [6.07, 6.45) is -1.05. The number of rotatable bonds is 4. The van der Waals surface area contributed by atoms with Crippen LogP contribution in [-0.2, 0) is 4.79 Å². The van der Waals surface area contributed by atoms with Crippen LogP contribution < -0.4 is 0 Å². The van der Waals surface area contributed by atoms with Crippen LogP contribution in [0.15, 0.2) is 33.9 Å². The van der Waals surface area contributed by atoms with Gasteiger partial charge in [-0.05, 0) is 28.7 Å². The van der Waals surface area contributed by atoms with Crippen molar-refractivity contribution in [3.63, 3.8) is 0 Å². The van der Waals surface area contributed by atoms with E-state index in [-0.39, 0.29) is 17.0 Å². The molecule has 1 rings (SSSR count). The quantitative estimate of drug-likeness (QED) is 0.393. The largest absolute Gasteiger partial charge is 0.384 e. The predicted molar refractivity (Wildman–Crippen MR) is 70.8 cm³/mol. The number of Topliss-reactive ketones (excluding diaryl/α,β-unsaturated/α-hetero) is 1. The molecule has 0 spiro atoms. The molecule has 6 heteroatoms. The molecule has 0 heterocycles. The van der Waals surface area contributed by atoms with Crippen molar-refractivity contribution in [3.8, 4) is 0 Å². The highest BCUT2D eigenvalue weighted by molar-refractivity contribution is 14.1. The van der Waals surface area contributed by atoms with Crippen LogP contribution in [0.1, 0.15) is 18.6 Å². The van der Waals surface area contributed by atoms with Crippen LogP contribution in [0.3, 0.4) is 0 Å². The second-order valence-corrected chi connectivity index (χ2v) is 3.99. The van der Waals surface area contributed by atoms with Gasteiger partial charge in [0.1, 0.15) is 6.10 Å². The molecule has 0 aliphatic rings. The zero-order valence-electron chi connectivity index (χ0n) is 8.96. The van der Waals surface area contributed by atoms with Gasteiger partial charge in [-0.3, -0.25) is 14.9 Å². The summed E-state index contributed by atoms with van der Waals surface area (Å²) in [6, 6.07) is 5.46. The minimum absolute atomic E-state index is 0.0521. The van der Waals surface area contributed by atoms with E-state index in [1.165, 1.54) is 35.3 Å². The monoisotopic (exact) mass is 347 g/mol. The van der Waals surface area contributed by atoms with Gasteiger partial charge in [-0.2, -0.15) is 0 Å². The van der Waals surface area contributed by atoms with Crippen LogP contribution in [0.5, 0.6) is 0 Å². The SMILES string of the molecule is CC(=O)/C(=C\I)C(O)c1ccc([N+](=O)[O-])cc1. The van der Waals surface area contributed by atoms with E-state index in [1.54, 1.807) is 0 Å². The third-order valence-corrected chi connectivity index (χ3v) is 2.91. The van der Waals surface area contributed by atoms with E-state index in [0.717, 1.165) is 0 Å². The van der Waals surface area contributed by atoms with E-state index < -0.39 is 11.0 Å². The fourth-order valence-corrected chi connectivity index (χ4v) is 2.07. The van der Waals surface area contributed by atoms with Crippen LogP contribution in [0.4, 0.5) is 5.69 Å². The molecule has 0 bridgehead atoms. The van der Waals surface area contributed by atoms with E-state index in [1.807, 2.05) is 22.6 Å². The van der Waals surface area contributed by atoms with Crippen molar-refractivity contribution in [2.24, 2.45) is 0 Å². The van der Waals surface area contributed by atoms with E-state index >= 15 is 0 Å². The number of non-ortho nitro benzene ring substituents is 1. The van der Waals surface area contributed by atoms with E-state index in [4.69, 9.17) is 0 Å². The Hall–Kier alpha value is -1.28. The van der Waals surface area contributed by atoms with Gasteiger partial charge >= 0.3 is 0 Å². The Labute approximate surface area is 111 Å². The number of benzene rings is 1. The van der Waals surface area contributed by atoms with Crippen LogP contribution in [-0.4, -0.2) is 15.8 Å². The Morgan fingerprint density at radius 3 is 2.35 bits per heavy atom. The minimum atomic E-state index is -1.05. The lowest BCUT2D eigenvalue weighted by atomic mass is 10.0. The molecule has 1 unspecified atom stereocenters. The van der Waals surface area contributed by atoms with Gasteiger partial charge in [0.05, 0.1) is 4.92 Å². The minimum Gasteiger partial charge on any atom is -0.384 e. The van der Waals surface area contributed by atoms with Crippen LogP contribution in [0, 0.1) is 10.1 Å². The maximum Gasteiger partial charge on any atom is 0.269 e. The highest BCUT2D eigenvalue weighted by Crippen LogP contribution is 2.25. The van der Waals surface area contributed by atoms with Crippen LogP contribution in [0.2, 0.25) is 0 Å². The molecule has 0 aliphatic carbocycles. The van der Waals surface area contributed by atoms with Gasteiger partial charge in [-0.15, -0.1) is 0 Å². The molecule has 0 aliphatic heterocycles. The zero-order chi connectivity index (χ0) is 13.0. The molecule has 0 saturated carbocycles.